The Bertz CT molecular complexity index is 1250. The second-order valence-corrected chi connectivity index (χ2v) is 10.1. The highest BCUT2D eigenvalue weighted by Crippen LogP contribution is 2.35. The van der Waals surface area contributed by atoms with Crippen LogP contribution in [0.5, 0.6) is 5.75 Å². The molecule has 3 aromatic rings. The molecule has 0 spiro atoms. The predicted molar refractivity (Wildman–Crippen MR) is 124 cm³/mol. The highest BCUT2D eigenvalue weighted by atomic mass is 79.9. The van der Waals surface area contributed by atoms with Gasteiger partial charge in [0.25, 0.3) is 15.9 Å². The smallest absolute Gasteiger partial charge is 0.264 e. The SMILES string of the molecule is O=C(COc1ccc(S(=O)(=O)N2CCc3ccccc32)cc1Cl)Nc1cccc(Br)c1. The van der Waals surface area contributed by atoms with E-state index in [1.54, 1.807) is 24.3 Å². The Morgan fingerprint density at radius 1 is 1.10 bits per heavy atom. The minimum atomic E-state index is -3.76. The summed E-state index contributed by atoms with van der Waals surface area (Å²) in [6.07, 6.45) is 0.664. The van der Waals surface area contributed by atoms with Crippen molar-refractivity contribution < 1.29 is 17.9 Å². The van der Waals surface area contributed by atoms with Crippen molar-refractivity contribution in [2.24, 2.45) is 0 Å². The molecular weight excluding hydrogens is 504 g/mol. The molecule has 0 bridgehead atoms. The van der Waals surface area contributed by atoms with Crippen molar-refractivity contribution in [1.82, 2.24) is 0 Å². The van der Waals surface area contributed by atoms with Gasteiger partial charge in [-0.1, -0.05) is 51.8 Å². The number of hydrogen-bond acceptors (Lipinski definition) is 4. The molecule has 160 valence electrons. The molecule has 4 rings (SSSR count). The number of nitrogens with zero attached hydrogens (tertiary/aromatic N) is 1. The van der Waals surface area contributed by atoms with Gasteiger partial charge in [0.2, 0.25) is 0 Å². The zero-order valence-electron chi connectivity index (χ0n) is 16.2. The van der Waals surface area contributed by atoms with Crippen molar-refractivity contribution in [3.8, 4) is 5.75 Å². The molecule has 0 radical (unpaired) electrons. The Morgan fingerprint density at radius 2 is 1.90 bits per heavy atom. The molecule has 1 aliphatic heterocycles. The van der Waals surface area contributed by atoms with E-state index >= 15 is 0 Å². The quantitative estimate of drug-likeness (QED) is 0.502. The second-order valence-electron chi connectivity index (χ2n) is 6.90. The summed E-state index contributed by atoms with van der Waals surface area (Å²) in [6.45, 7) is 0.116. The highest BCUT2D eigenvalue weighted by molar-refractivity contribution is 9.10. The molecule has 3 aromatic carbocycles. The summed E-state index contributed by atoms with van der Waals surface area (Å²) in [4.78, 5) is 12.2. The average molecular weight is 522 g/mol. The van der Waals surface area contributed by atoms with E-state index < -0.39 is 10.0 Å². The topological polar surface area (TPSA) is 75.7 Å². The molecular formula is C22H18BrClN2O4S. The van der Waals surface area contributed by atoms with E-state index in [0.717, 1.165) is 10.0 Å². The fraction of sp³-hybridized carbons (Fsp3) is 0.136. The molecule has 1 N–H and O–H groups in total. The monoisotopic (exact) mass is 520 g/mol. The molecule has 0 unspecified atom stereocenters. The molecule has 0 atom stereocenters. The lowest BCUT2D eigenvalue weighted by Gasteiger charge is -2.20. The van der Waals surface area contributed by atoms with Crippen LogP contribution in [0.15, 0.2) is 76.1 Å². The van der Waals surface area contributed by atoms with Crippen LogP contribution in [0, 0.1) is 0 Å². The average Bonchev–Trinajstić information content (AvgIpc) is 3.18. The Morgan fingerprint density at radius 3 is 2.68 bits per heavy atom. The van der Waals surface area contributed by atoms with Crippen LogP contribution in [0.3, 0.4) is 0 Å². The van der Waals surface area contributed by atoms with Crippen LogP contribution in [0.25, 0.3) is 0 Å². The molecule has 0 aromatic heterocycles. The van der Waals surface area contributed by atoms with Crippen LogP contribution in [-0.2, 0) is 21.2 Å². The molecule has 1 aliphatic rings. The molecule has 0 saturated carbocycles. The van der Waals surface area contributed by atoms with Gasteiger partial charge in [-0.3, -0.25) is 9.10 Å². The van der Waals surface area contributed by atoms with Crippen LogP contribution >= 0.6 is 27.5 Å². The van der Waals surface area contributed by atoms with Crippen LogP contribution in [0.2, 0.25) is 5.02 Å². The molecule has 0 saturated heterocycles. The first-order valence-corrected chi connectivity index (χ1v) is 12.0. The first-order chi connectivity index (χ1) is 14.8. The third kappa shape index (κ3) is 4.71. The maximum absolute atomic E-state index is 13.1. The lowest BCUT2D eigenvalue weighted by Crippen LogP contribution is -2.29. The third-order valence-corrected chi connectivity index (χ3v) is 7.40. The van der Waals surface area contributed by atoms with Crippen LogP contribution < -0.4 is 14.4 Å². The zero-order chi connectivity index (χ0) is 22.0. The number of carbonyl (C=O) groups excluding carboxylic acids is 1. The van der Waals surface area contributed by atoms with Crippen molar-refractivity contribution in [3.05, 3.63) is 81.8 Å². The number of amides is 1. The first-order valence-electron chi connectivity index (χ1n) is 9.43. The second kappa shape index (κ2) is 8.90. The fourth-order valence-corrected chi connectivity index (χ4v) is 5.58. The standard InChI is InChI=1S/C22H18BrClN2O4S/c23-16-5-3-6-17(12-16)25-22(27)14-30-21-9-8-18(13-19(21)24)31(28,29)26-11-10-15-4-1-2-7-20(15)26/h1-9,12-13H,10-11,14H2,(H,25,27). The van der Waals surface area contributed by atoms with Gasteiger partial charge in [-0.2, -0.15) is 0 Å². The van der Waals surface area contributed by atoms with E-state index in [0.29, 0.717) is 24.3 Å². The number of benzene rings is 3. The summed E-state index contributed by atoms with van der Waals surface area (Å²) in [7, 11) is -3.76. The van der Waals surface area contributed by atoms with Gasteiger partial charge >= 0.3 is 0 Å². The molecule has 1 amide bonds. The van der Waals surface area contributed by atoms with Crippen molar-refractivity contribution in [2.75, 3.05) is 22.8 Å². The van der Waals surface area contributed by atoms with E-state index in [2.05, 4.69) is 21.2 Å². The number of anilines is 2. The molecule has 0 fully saturated rings. The first kappa shape index (κ1) is 21.7. The van der Waals surface area contributed by atoms with Crippen molar-refractivity contribution in [2.45, 2.75) is 11.3 Å². The summed E-state index contributed by atoms with van der Waals surface area (Å²) in [5.41, 5.74) is 2.30. The maximum Gasteiger partial charge on any atom is 0.264 e. The van der Waals surface area contributed by atoms with Crippen LogP contribution in [0.4, 0.5) is 11.4 Å². The molecule has 9 heteroatoms. The Labute approximate surface area is 194 Å². The Hall–Kier alpha value is -2.55. The van der Waals surface area contributed by atoms with E-state index in [-0.39, 0.29) is 28.2 Å². The number of nitrogens with one attached hydrogen (secondary N) is 1. The van der Waals surface area contributed by atoms with Gasteiger partial charge < -0.3 is 10.1 Å². The van der Waals surface area contributed by atoms with Gasteiger partial charge in [-0.05, 0) is 54.4 Å². The number of para-hydroxylation sites is 1. The van der Waals surface area contributed by atoms with Gasteiger partial charge in [0.05, 0.1) is 15.6 Å². The number of rotatable bonds is 6. The largest absolute Gasteiger partial charge is 0.482 e. The molecule has 0 aliphatic carbocycles. The van der Waals surface area contributed by atoms with Crippen molar-refractivity contribution in [3.63, 3.8) is 0 Å². The summed E-state index contributed by atoms with van der Waals surface area (Å²) >= 11 is 9.60. The summed E-state index contributed by atoms with van der Waals surface area (Å²) in [5.74, 6) is -0.133. The normalized spacial score (nSPS) is 13.0. The molecule has 31 heavy (non-hydrogen) atoms. The minimum absolute atomic E-state index is 0.0696. The van der Waals surface area contributed by atoms with E-state index in [1.807, 2.05) is 24.3 Å². The van der Waals surface area contributed by atoms with Gasteiger partial charge in [0.1, 0.15) is 5.75 Å². The van der Waals surface area contributed by atoms with Crippen LogP contribution in [0.1, 0.15) is 5.56 Å². The fourth-order valence-electron chi connectivity index (χ4n) is 3.35. The van der Waals surface area contributed by atoms with Crippen LogP contribution in [-0.4, -0.2) is 27.5 Å². The predicted octanol–water partition coefficient (Wildman–Crippen LogP) is 4.87. The number of halogens is 2. The Balaban J connectivity index is 1.45. The van der Waals surface area contributed by atoms with E-state index in [1.165, 1.54) is 22.5 Å². The zero-order valence-corrected chi connectivity index (χ0v) is 19.4. The number of fused-ring (bicyclic) bond motifs is 1. The lowest BCUT2D eigenvalue weighted by molar-refractivity contribution is -0.118. The lowest BCUT2D eigenvalue weighted by atomic mass is 10.2. The number of sulfonamides is 1. The van der Waals surface area contributed by atoms with E-state index in [9.17, 15) is 13.2 Å². The van der Waals surface area contributed by atoms with Crippen molar-refractivity contribution >= 4 is 54.8 Å². The van der Waals surface area contributed by atoms with Crippen molar-refractivity contribution in [1.29, 1.82) is 0 Å². The third-order valence-electron chi connectivity index (χ3n) is 4.80. The highest BCUT2D eigenvalue weighted by Gasteiger charge is 2.31. The maximum atomic E-state index is 13.1. The summed E-state index contributed by atoms with van der Waals surface area (Å²) < 4.78 is 33.9. The van der Waals surface area contributed by atoms with Gasteiger partial charge in [0, 0.05) is 16.7 Å². The molecule has 6 nitrogen and oxygen atoms in total. The minimum Gasteiger partial charge on any atom is -0.482 e. The Kier molecular flexibility index (Phi) is 6.22. The van der Waals surface area contributed by atoms with Gasteiger partial charge in [-0.15, -0.1) is 0 Å². The van der Waals surface area contributed by atoms with Gasteiger partial charge in [-0.25, -0.2) is 8.42 Å². The number of ether oxygens (including phenoxy) is 1. The van der Waals surface area contributed by atoms with Gasteiger partial charge in [0.15, 0.2) is 6.61 Å². The molecule has 1 heterocycles. The number of carbonyl (C=O) groups is 1. The van der Waals surface area contributed by atoms with E-state index in [4.69, 9.17) is 16.3 Å². The summed E-state index contributed by atoms with van der Waals surface area (Å²) in [5, 5.41) is 2.83. The number of hydrogen-bond donors (Lipinski definition) is 1. The summed E-state index contributed by atoms with van der Waals surface area (Å²) in [6, 6.07) is 18.8.